The molecule has 5 rings (SSSR count). The predicted molar refractivity (Wildman–Crippen MR) is 118 cm³/mol. The molecule has 2 aliphatic rings. The summed E-state index contributed by atoms with van der Waals surface area (Å²) >= 11 is 3.03. The first-order chi connectivity index (χ1) is 14.7. The lowest BCUT2D eigenvalue weighted by Gasteiger charge is -2.13. The van der Waals surface area contributed by atoms with E-state index < -0.39 is 11.9 Å². The maximum absolute atomic E-state index is 10.8. The number of carbonyl (C=O) groups excluding carboxylic acids is 1. The number of anilines is 1. The zero-order valence-electron chi connectivity index (χ0n) is 16.3. The second-order valence-corrected chi connectivity index (χ2v) is 7.65. The molecule has 31 heavy (non-hydrogen) atoms. The minimum Gasteiger partial charge on any atom is -0.478 e. The van der Waals surface area contributed by atoms with Gasteiger partial charge < -0.3 is 26.0 Å². The van der Waals surface area contributed by atoms with Gasteiger partial charge in [-0.2, -0.15) is 0 Å². The first kappa shape index (κ1) is 23.6. The smallest absolute Gasteiger partial charge is 0.328 e. The highest BCUT2D eigenvalue weighted by Crippen LogP contribution is 2.33. The van der Waals surface area contributed by atoms with Crippen molar-refractivity contribution < 1.29 is 29.3 Å². The third kappa shape index (κ3) is 8.28. The number of benzene rings is 1. The number of aliphatic carboxylic acids is 2. The maximum Gasteiger partial charge on any atom is 0.328 e. The van der Waals surface area contributed by atoms with Gasteiger partial charge in [0.25, 0.3) is 0 Å². The van der Waals surface area contributed by atoms with Gasteiger partial charge >= 0.3 is 11.9 Å². The van der Waals surface area contributed by atoms with E-state index in [4.69, 9.17) is 20.7 Å². The molecule has 3 aromatic rings. The summed E-state index contributed by atoms with van der Waals surface area (Å²) in [6, 6.07) is 9.85. The van der Waals surface area contributed by atoms with Crippen LogP contribution in [0.4, 0.5) is 5.13 Å². The highest BCUT2D eigenvalue weighted by molar-refractivity contribution is 7.16. The number of thiophene rings is 1. The van der Waals surface area contributed by atoms with E-state index in [2.05, 4.69) is 10.3 Å². The molecule has 0 fully saturated rings. The Morgan fingerprint density at radius 2 is 1.74 bits per heavy atom. The van der Waals surface area contributed by atoms with Crippen LogP contribution in [0.25, 0.3) is 10.6 Å². The predicted octanol–water partition coefficient (Wildman–Crippen LogP) is 3.59. The van der Waals surface area contributed by atoms with Crippen LogP contribution < -0.4 is 15.8 Å². The first-order valence-corrected chi connectivity index (χ1v) is 10.4. The molecule has 0 aliphatic carbocycles. The summed E-state index contributed by atoms with van der Waals surface area (Å²) in [5.74, 6) is -0.579. The van der Waals surface area contributed by atoms with Gasteiger partial charge in [0.1, 0.15) is 11.5 Å². The number of carboxylic acid groups (broad SMARTS) is 2. The van der Waals surface area contributed by atoms with Crippen LogP contribution in [0.1, 0.15) is 12.5 Å². The van der Waals surface area contributed by atoms with Crippen molar-refractivity contribution in [1.29, 1.82) is 0 Å². The molecule has 4 heterocycles. The van der Waals surface area contributed by atoms with Crippen molar-refractivity contribution in [1.82, 2.24) is 10.3 Å². The summed E-state index contributed by atoms with van der Waals surface area (Å²) < 4.78 is 5.01. The summed E-state index contributed by atoms with van der Waals surface area (Å²) in [4.78, 5) is 35.3. The molecule has 0 radical (unpaired) electrons. The number of nitrogens with one attached hydrogen (secondary N) is 1. The Bertz CT molecular complexity index is 1050. The number of nitrogens with two attached hydrogens (primary N) is 1. The molecule has 2 aliphatic heterocycles. The zero-order valence-corrected chi connectivity index (χ0v) is 17.9. The topological polar surface area (TPSA) is 152 Å². The standard InChI is InChI=1S/C10H11N3OS2.C6H4O.C4H4O4/c1-6(14)12-4-7-2-3-15-9(7)8-5-16-10(11)13-8;1-2-5-4-6(3-1)7-5;5-3(6)1-2-4(7)8/h2-3,5H,4H2,1H3,(H2,11,13)(H,12,14);1-4H;1-2H,(H,5,6)(H,7,8). The van der Waals surface area contributed by atoms with Crippen molar-refractivity contribution >= 4 is 45.7 Å². The van der Waals surface area contributed by atoms with Gasteiger partial charge in [0, 0.05) is 37.1 Å². The Hall–Kier alpha value is -3.70. The minimum atomic E-state index is -1.26. The van der Waals surface area contributed by atoms with Crippen LogP contribution in [-0.2, 0) is 20.9 Å². The van der Waals surface area contributed by atoms with E-state index in [-0.39, 0.29) is 5.91 Å². The number of aromatic nitrogens is 1. The Labute approximate surface area is 185 Å². The quantitative estimate of drug-likeness (QED) is 0.329. The minimum absolute atomic E-state index is 0.0325. The Kier molecular flexibility index (Phi) is 8.73. The van der Waals surface area contributed by atoms with Gasteiger partial charge in [0.15, 0.2) is 5.13 Å². The summed E-state index contributed by atoms with van der Waals surface area (Å²) in [6.07, 6.45) is 1.12. The maximum atomic E-state index is 10.8. The third-order valence-electron chi connectivity index (χ3n) is 3.44. The van der Waals surface area contributed by atoms with Crippen LogP contribution >= 0.6 is 22.7 Å². The van der Waals surface area contributed by atoms with Gasteiger partial charge in [-0.1, -0.05) is 6.07 Å². The number of hydrogen-bond donors (Lipinski definition) is 4. The summed E-state index contributed by atoms with van der Waals surface area (Å²) in [5.41, 5.74) is 7.56. The van der Waals surface area contributed by atoms with Crippen LogP contribution in [0.5, 0.6) is 11.5 Å². The van der Waals surface area contributed by atoms with E-state index in [0.717, 1.165) is 27.6 Å². The summed E-state index contributed by atoms with van der Waals surface area (Å²) in [7, 11) is 0. The fraction of sp³-hybridized carbons (Fsp3) is 0.100. The van der Waals surface area contributed by atoms with E-state index in [1.807, 2.05) is 41.1 Å². The molecule has 11 heteroatoms. The average Bonchev–Trinajstić information content (AvgIpc) is 3.34. The van der Waals surface area contributed by atoms with Gasteiger partial charge in [0.2, 0.25) is 5.91 Å². The van der Waals surface area contributed by atoms with Crippen molar-refractivity contribution in [2.75, 3.05) is 5.73 Å². The number of nitrogens with zero attached hydrogens (tertiary/aromatic N) is 1. The highest BCUT2D eigenvalue weighted by Gasteiger charge is 2.10. The number of carbonyl (C=O) groups is 3. The van der Waals surface area contributed by atoms with Crippen LogP contribution in [0.3, 0.4) is 0 Å². The van der Waals surface area contributed by atoms with Crippen molar-refractivity contribution in [3.05, 3.63) is 58.8 Å². The molecule has 5 N–H and O–H groups in total. The SMILES string of the molecule is CC(=O)NCc1ccsc1-c1csc(N)n1.O=C(O)C=CC(=O)O.c1cc2cc(c1)O2. The summed E-state index contributed by atoms with van der Waals surface area (Å²) in [6.45, 7) is 2.04. The van der Waals surface area contributed by atoms with Crippen LogP contribution in [-0.4, -0.2) is 33.0 Å². The lowest BCUT2D eigenvalue weighted by atomic mass is 10.2. The fourth-order valence-corrected chi connectivity index (χ4v) is 3.65. The molecule has 2 bridgehead atoms. The molecule has 162 valence electrons. The molecule has 0 saturated heterocycles. The Morgan fingerprint density at radius 3 is 2.13 bits per heavy atom. The molecule has 0 atom stereocenters. The average molecular weight is 462 g/mol. The third-order valence-corrected chi connectivity index (χ3v) is 5.09. The molecular weight excluding hydrogens is 442 g/mol. The number of carboxylic acids is 2. The van der Waals surface area contributed by atoms with Crippen molar-refractivity contribution in [3.8, 4) is 22.1 Å². The van der Waals surface area contributed by atoms with Gasteiger partial charge in [-0.3, -0.25) is 4.79 Å². The normalized spacial score (nSPS) is 10.5. The van der Waals surface area contributed by atoms with Crippen molar-refractivity contribution in [2.45, 2.75) is 13.5 Å². The molecule has 0 saturated carbocycles. The Balaban J connectivity index is 0.000000189. The van der Waals surface area contributed by atoms with Crippen molar-refractivity contribution in [2.24, 2.45) is 0 Å². The van der Waals surface area contributed by atoms with E-state index in [1.54, 1.807) is 11.3 Å². The molecule has 0 unspecified atom stereocenters. The second-order valence-electron chi connectivity index (χ2n) is 5.84. The monoisotopic (exact) mass is 461 g/mol. The molecule has 0 spiro atoms. The number of ether oxygens (including phenoxy) is 1. The first-order valence-electron chi connectivity index (χ1n) is 8.68. The number of rotatable bonds is 5. The number of fused-ring (bicyclic) bond motifs is 2. The summed E-state index contributed by atoms with van der Waals surface area (Å²) in [5, 5.41) is 22.9. The molecule has 1 aromatic carbocycles. The molecule has 1 amide bonds. The van der Waals surface area contributed by atoms with Crippen LogP contribution in [0.2, 0.25) is 0 Å². The van der Waals surface area contributed by atoms with E-state index in [1.165, 1.54) is 18.3 Å². The van der Waals surface area contributed by atoms with Crippen LogP contribution in [0.15, 0.2) is 53.2 Å². The lowest BCUT2D eigenvalue weighted by molar-refractivity contribution is -0.134. The molecule has 2 aromatic heterocycles. The van der Waals surface area contributed by atoms with Gasteiger partial charge in [-0.05, 0) is 29.1 Å². The van der Waals surface area contributed by atoms with Gasteiger partial charge in [0.05, 0.1) is 10.6 Å². The van der Waals surface area contributed by atoms with Gasteiger partial charge in [-0.15, -0.1) is 22.7 Å². The second kappa shape index (κ2) is 11.5. The molecular formula is C20H19N3O6S2. The van der Waals surface area contributed by atoms with E-state index >= 15 is 0 Å². The van der Waals surface area contributed by atoms with Crippen LogP contribution in [0, 0.1) is 0 Å². The highest BCUT2D eigenvalue weighted by atomic mass is 32.1. The van der Waals surface area contributed by atoms with E-state index in [0.29, 0.717) is 23.8 Å². The zero-order chi connectivity index (χ0) is 22.8. The Morgan fingerprint density at radius 1 is 1.13 bits per heavy atom. The van der Waals surface area contributed by atoms with Gasteiger partial charge in [-0.25, -0.2) is 14.6 Å². The number of thiazole rings is 1. The number of amides is 1. The molecule has 9 nitrogen and oxygen atoms in total. The number of nitrogen functional groups attached to an aromatic ring is 1. The number of hydrogen-bond acceptors (Lipinski definition) is 8. The largest absolute Gasteiger partial charge is 0.478 e. The van der Waals surface area contributed by atoms with Crippen molar-refractivity contribution in [3.63, 3.8) is 0 Å². The lowest BCUT2D eigenvalue weighted by Crippen LogP contribution is -2.18. The fourth-order valence-electron chi connectivity index (χ4n) is 2.13. The van der Waals surface area contributed by atoms with E-state index in [9.17, 15) is 14.4 Å².